The Kier molecular flexibility index (Phi) is 6.32. The molecule has 10 heteroatoms. The number of carbonyl (C=O) groups excluding carboxylic acids is 1. The molecule has 1 atom stereocenters. The van der Waals surface area contributed by atoms with Crippen molar-refractivity contribution in [1.29, 1.82) is 5.26 Å². The van der Waals surface area contributed by atoms with E-state index in [9.17, 15) is 9.18 Å². The van der Waals surface area contributed by atoms with Gasteiger partial charge in [-0.15, -0.1) is 4.99 Å². The van der Waals surface area contributed by atoms with Gasteiger partial charge in [0.25, 0.3) is 0 Å². The number of guanidine groups is 1. The van der Waals surface area contributed by atoms with Crippen LogP contribution in [-0.4, -0.2) is 60.1 Å². The molecule has 1 aliphatic heterocycles. The smallest absolute Gasteiger partial charge is 0.325 e. The zero-order valence-corrected chi connectivity index (χ0v) is 16.7. The van der Waals surface area contributed by atoms with E-state index in [1.54, 1.807) is 49.5 Å². The van der Waals surface area contributed by atoms with Crippen molar-refractivity contribution in [2.45, 2.75) is 12.5 Å². The SMILES string of the molecule is CN(C)C(=NC#N)N1CC[C@@H](Oc2cc(F)cc(N(C(N)=O)c3ccccn3)c2)C1. The Morgan fingerprint density at radius 2 is 2.20 bits per heavy atom. The first-order chi connectivity index (χ1) is 14.4. The van der Waals surface area contributed by atoms with E-state index in [1.165, 1.54) is 18.3 Å². The van der Waals surface area contributed by atoms with Crippen LogP contribution in [0.25, 0.3) is 0 Å². The molecule has 0 spiro atoms. The Morgan fingerprint density at radius 1 is 1.40 bits per heavy atom. The lowest BCUT2D eigenvalue weighted by Crippen LogP contribution is -2.40. The molecule has 3 rings (SSSR count). The van der Waals surface area contributed by atoms with Gasteiger partial charge >= 0.3 is 6.03 Å². The zero-order chi connectivity index (χ0) is 21.7. The average molecular weight is 411 g/mol. The minimum Gasteiger partial charge on any atom is -0.488 e. The minimum absolute atomic E-state index is 0.214. The summed E-state index contributed by atoms with van der Waals surface area (Å²) in [5.41, 5.74) is 5.72. The lowest BCUT2D eigenvalue weighted by Gasteiger charge is -2.25. The summed E-state index contributed by atoms with van der Waals surface area (Å²) < 4.78 is 20.3. The van der Waals surface area contributed by atoms with Gasteiger partial charge in [-0.2, -0.15) is 5.26 Å². The lowest BCUT2D eigenvalue weighted by atomic mass is 10.2. The number of halogens is 1. The van der Waals surface area contributed by atoms with Gasteiger partial charge in [-0.3, -0.25) is 0 Å². The third-order valence-corrected chi connectivity index (χ3v) is 4.49. The van der Waals surface area contributed by atoms with E-state index in [0.717, 1.165) is 4.90 Å². The van der Waals surface area contributed by atoms with Gasteiger partial charge in [0, 0.05) is 45.4 Å². The van der Waals surface area contributed by atoms with E-state index in [2.05, 4.69) is 9.98 Å². The molecule has 2 N–H and O–H groups in total. The molecule has 0 unspecified atom stereocenters. The number of likely N-dealkylation sites (tertiary alicyclic amines) is 1. The number of aliphatic imine (C=N–C) groups is 1. The fraction of sp³-hybridized carbons (Fsp3) is 0.300. The Morgan fingerprint density at radius 3 is 2.83 bits per heavy atom. The van der Waals surface area contributed by atoms with Crippen LogP contribution in [0.5, 0.6) is 5.75 Å². The number of pyridine rings is 1. The van der Waals surface area contributed by atoms with E-state index in [1.807, 2.05) is 4.90 Å². The number of carbonyl (C=O) groups is 1. The van der Waals surface area contributed by atoms with E-state index >= 15 is 0 Å². The second-order valence-corrected chi connectivity index (χ2v) is 6.89. The molecule has 0 radical (unpaired) electrons. The number of rotatable bonds is 4. The van der Waals surface area contributed by atoms with E-state index < -0.39 is 11.8 Å². The van der Waals surface area contributed by atoms with Crippen LogP contribution in [0.15, 0.2) is 47.6 Å². The molecule has 9 nitrogen and oxygen atoms in total. The summed E-state index contributed by atoms with van der Waals surface area (Å²) in [6.45, 7) is 1.14. The van der Waals surface area contributed by atoms with Crippen molar-refractivity contribution in [3.05, 3.63) is 48.4 Å². The minimum atomic E-state index is -0.791. The third kappa shape index (κ3) is 4.75. The van der Waals surface area contributed by atoms with Gasteiger partial charge in [-0.05, 0) is 18.2 Å². The van der Waals surface area contributed by atoms with Gasteiger partial charge in [0.05, 0.1) is 12.2 Å². The third-order valence-electron chi connectivity index (χ3n) is 4.49. The number of anilines is 2. The Bertz CT molecular complexity index is 975. The van der Waals surface area contributed by atoms with E-state index in [0.29, 0.717) is 25.5 Å². The Balaban J connectivity index is 1.80. The molecule has 1 aromatic heterocycles. The van der Waals surface area contributed by atoms with E-state index in [4.69, 9.17) is 15.7 Å². The zero-order valence-electron chi connectivity index (χ0n) is 16.7. The summed E-state index contributed by atoms with van der Waals surface area (Å²) in [6.07, 6.45) is 3.75. The van der Waals surface area contributed by atoms with Crippen molar-refractivity contribution < 1.29 is 13.9 Å². The molecule has 2 amide bonds. The van der Waals surface area contributed by atoms with Crippen LogP contribution in [0.2, 0.25) is 0 Å². The maximum Gasteiger partial charge on any atom is 0.325 e. The number of amides is 2. The van der Waals surface area contributed by atoms with Crippen LogP contribution in [-0.2, 0) is 0 Å². The Hall–Kier alpha value is -3.87. The van der Waals surface area contributed by atoms with Crippen molar-refractivity contribution >= 4 is 23.5 Å². The van der Waals surface area contributed by atoms with Crippen molar-refractivity contribution in [1.82, 2.24) is 14.8 Å². The molecule has 0 bridgehead atoms. The first-order valence-electron chi connectivity index (χ1n) is 9.26. The molecule has 1 saturated heterocycles. The topological polar surface area (TPSA) is 111 Å². The average Bonchev–Trinajstić information content (AvgIpc) is 3.14. The van der Waals surface area contributed by atoms with Crippen LogP contribution >= 0.6 is 0 Å². The summed E-state index contributed by atoms with van der Waals surface area (Å²) >= 11 is 0. The number of nitriles is 1. The highest BCUT2D eigenvalue weighted by atomic mass is 19.1. The number of nitrogens with two attached hydrogens (primary N) is 1. The number of primary amides is 1. The fourth-order valence-corrected chi connectivity index (χ4v) is 3.30. The normalized spacial score (nSPS) is 16.1. The summed E-state index contributed by atoms with van der Waals surface area (Å²) in [4.78, 5) is 24.8. The van der Waals surface area contributed by atoms with Gasteiger partial charge in [0.15, 0.2) is 0 Å². The lowest BCUT2D eigenvalue weighted by molar-refractivity contribution is 0.212. The molecule has 2 heterocycles. The van der Waals surface area contributed by atoms with Gasteiger partial charge in [-0.25, -0.2) is 19.1 Å². The van der Waals surface area contributed by atoms with Crippen LogP contribution < -0.4 is 15.4 Å². The van der Waals surface area contributed by atoms with E-state index in [-0.39, 0.29) is 23.4 Å². The number of nitrogens with zero attached hydrogens (tertiary/aromatic N) is 6. The summed E-state index contributed by atoms with van der Waals surface area (Å²) in [5, 5.41) is 8.89. The van der Waals surface area contributed by atoms with Crippen molar-refractivity contribution in [3.63, 3.8) is 0 Å². The van der Waals surface area contributed by atoms with Crippen LogP contribution in [0.1, 0.15) is 6.42 Å². The second-order valence-electron chi connectivity index (χ2n) is 6.89. The van der Waals surface area contributed by atoms with Crippen LogP contribution in [0.4, 0.5) is 20.7 Å². The number of benzene rings is 1. The van der Waals surface area contributed by atoms with Gasteiger partial charge < -0.3 is 20.3 Å². The maximum absolute atomic E-state index is 14.3. The highest BCUT2D eigenvalue weighted by molar-refractivity contribution is 5.97. The predicted molar refractivity (Wildman–Crippen MR) is 110 cm³/mol. The molecule has 156 valence electrons. The Labute approximate surface area is 173 Å². The molecule has 0 saturated carbocycles. The molecular formula is C20H22FN7O2. The number of hydrogen-bond donors (Lipinski definition) is 1. The summed E-state index contributed by atoms with van der Waals surface area (Å²) in [6, 6.07) is 8.20. The second kappa shape index (κ2) is 9.09. The first kappa shape index (κ1) is 20.9. The highest BCUT2D eigenvalue weighted by Crippen LogP contribution is 2.30. The highest BCUT2D eigenvalue weighted by Gasteiger charge is 2.28. The monoisotopic (exact) mass is 411 g/mol. The van der Waals surface area contributed by atoms with Crippen LogP contribution in [0.3, 0.4) is 0 Å². The molecule has 1 aliphatic rings. The fourth-order valence-electron chi connectivity index (χ4n) is 3.30. The largest absolute Gasteiger partial charge is 0.488 e. The summed E-state index contributed by atoms with van der Waals surface area (Å²) in [7, 11) is 3.61. The quantitative estimate of drug-likeness (QED) is 0.469. The van der Waals surface area contributed by atoms with Gasteiger partial charge in [0.2, 0.25) is 12.2 Å². The van der Waals surface area contributed by atoms with Gasteiger partial charge in [0.1, 0.15) is 23.5 Å². The maximum atomic E-state index is 14.3. The number of hydrogen-bond acceptors (Lipinski definition) is 5. The molecule has 1 aromatic carbocycles. The van der Waals surface area contributed by atoms with Crippen LogP contribution in [0, 0.1) is 17.3 Å². The van der Waals surface area contributed by atoms with Crippen molar-refractivity contribution in [2.24, 2.45) is 10.7 Å². The van der Waals surface area contributed by atoms with Crippen molar-refractivity contribution in [2.75, 3.05) is 32.1 Å². The first-order valence-corrected chi connectivity index (χ1v) is 9.26. The summed E-state index contributed by atoms with van der Waals surface area (Å²) in [5.74, 6) is 0.512. The standard InChI is InChI=1S/C20H22FN7O2/c1-26(2)20(25-13-22)27-8-6-16(12-27)30-17-10-14(21)9-15(11-17)28(19(23)29)18-5-3-4-7-24-18/h3-5,7,9-11,16H,6,8,12H2,1-2H3,(H2,23,29)/t16-/m1/s1. The molecule has 1 fully saturated rings. The van der Waals surface area contributed by atoms with Crippen molar-refractivity contribution in [3.8, 4) is 11.9 Å². The molecular weight excluding hydrogens is 389 g/mol. The molecule has 30 heavy (non-hydrogen) atoms. The number of aromatic nitrogens is 1. The number of urea groups is 1. The van der Waals surface area contributed by atoms with Gasteiger partial charge in [-0.1, -0.05) is 6.07 Å². The molecule has 2 aromatic rings. The number of ether oxygens (including phenoxy) is 1. The predicted octanol–water partition coefficient (Wildman–Crippen LogP) is 2.29. The molecule has 0 aliphatic carbocycles.